The number of aryl methyl sites for hydroxylation is 1. The zero-order valence-corrected chi connectivity index (χ0v) is 19.3. The summed E-state index contributed by atoms with van der Waals surface area (Å²) in [5.74, 6) is 0.353. The van der Waals surface area contributed by atoms with Crippen LogP contribution in [0, 0.1) is 12.8 Å². The Bertz CT molecular complexity index is 1170. The second-order valence-corrected chi connectivity index (χ2v) is 11.2. The molecule has 1 aromatic heterocycles. The van der Waals surface area contributed by atoms with E-state index in [1.807, 2.05) is 13.0 Å². The molecule has 0 spiro atoms. The van der Waals surface area contributed by atoms with E-state index in [0.717, 1.165) is 40.9 Å². The van der Waals surface area contributed by atoms with Crippen molar-refractivity contribution in [1.29, 1.82) is 0 Å². The van der Waals surface area contributed by atoms with Crippen LogP contribution in [0.1, 0.15) is 49.2 Å². The zero-order valence-electron chi connectivity index (χ0n) is 17.7. The van der Waals surface area contributed by atoms with E-state index < -0.39 is 16.1 Å². The van der Waals surface area contributed by atoms with Crippen LogP contribution in [-0.4, -0.2) is 25.4 Å². The lowest BCUT2D eigenvalue weighted by atomic mass is 9.87. The Balaban J connectivity index is 1.59. The van der Waals surface area contributed by atoms with Gasteiger partial charge in [-0.2, -0.15) is 4.72 Å². The second kappa shape index (κ2) is 9.06. The number of carbonyl (C=O) groups is 1. The molecule has 0 bridgehead atoms. The van der Waals surface area contributed by atoms with Crippen LogP contribution in [0.3, 0.4) is 0 Å². The molecule has 1 atom stereocenters. The lowest BCUT2D eigenvalue weighted by Crippen LogP contribution is -2.45. The minimum atomic E-state index is -3.92. The molecular formula is C23H27N3O3S2. The second-order valence-electron chi connectivity index (χ2n) is 8.29. The Morgan fingerprint density at radius 3 is 2.52 bits per heavy atom. The van der Waals surface area contributed by atoms with Gasteiger partial charge in [0, 0.05) is 6.04 Å². The van der Waals surface area contributed by atoms with Crippen LogP contribution in [0.2, 0.25) is 0 Å². The minimum absolute atomic E-state index is 0.0796. The summed E-state index contributed by atoms with van der Waals surface area (Å²) in [5.41, 5.74) is 1.38. The molecule has 1 aliphatic rings. The molecule has 1 heterocycles. The number of fused-ring (bicyclic) bond motifs is 1. The molecule has 1 fully saturated rings. The van der Waals surface area contributed by atoms with E-state index in [1.54, 1.807) is 36.4 Å². The molecule has 164 valence electrons. The van der Waals surface area contributed by atoms with Crippen molar-refractivity contribution in [3.8, 4) is 0 Å². The molecule has 31 heavy (non-hydrogen) atoms. The van der Waals surface area contributed by atoms with E-state index in [-0.39, 0.29) is 16.8 Å². The van der Waals surface area contributed by atoms with Crippen molar-refractivity contribution in [3.63, 3.8) is 0 Å². The summed E-state index contributed by atoms with van der Waals surface area (Å²) < 4.78 is 29.8. The monoisotopic (exact) mass is 457 g/mol. The van der Waals surface area contributed by atoms with E-state index in [4.69, 9.17) is 0 Å². The summed E-state index contributed by atoms with van der Waals surface area (Å²) in [6, 6.07) is 12.9. The summed E-state index contributed by atoms with van der Waals surface area (Å²) >= 11 is 1.44. The van der Waals surface area contributed by atoms with Crippen LogP contribution in [-0.2, 0) is 14.8 Å². The predicted molar refractivity (Wildman–Crippen MR) is 123 cm³/mol. The summed E-state index contributed by atoms with van der Waals surface area (Å²) in [5, 5.41) is 3.95. The number of amides is 1. The van der Waals surface area contributed by atoms with E-state index in [0.29, 0.717) is 11.5 Å². The molecule has 6 nitrogen and oxygen atoms in total. The molecular weight excluding hydrogens is 430 g/mol. The fraction of sp³-hybridized carbons (Fsp3) is 0.391. The molecule has 0 unspecified atom stereocenters. The van der Waals surface area contributed by atoms with Crippen molar-refractivity contribution in [2.45, 2.75) is 56.5 Å². The molecule has 3 aromatic rings. The maximum atomic E-state index is 13.2. The third kappa shape index (κ3) is 5.14. The minimum Gasteiger partial charge on any atom is -0.352 e. The lowest BCUT2D eigenvalue weighted by molar-refractivity contribution is -0.123. The van der Waals surface area contributed by atoms with Gasteiger partial charge >= 0.3 is 0 Å². The standard InChI is InChI=1S/C23H27N3O3S2/c1-15-8-10-18(11-9-15)25-23(27)22(17-6-4-3-5-7-17)26-31(28,29)19-12-13-20-21(14-19)30-16(2)24-20/h3-7,12-15,18,22,26H,8-11H2,1-2H3,(H,25,27)/t15?,18?,22-/m0/s1. The number of benzene rings is 2. The van der Waals surface area contributed by atoms with E-state index in [1.165, 1.54) is 17.4 Å². The highest BCUT2D eigenvalue weighted by molar-refractivity contribution is 7.89. The Morgan fingerprint density at radius 1 is 1.10 bits per heavy atom. The van der Waals surface area contributed by atoms with Crippen molar-refractivity contribution in [2.75, 3.05) is 0 Å². The molecule has 1 aliphatic carbocycles. The number of sulfonamides is 1. The maximum Gasteiger partial charge on any atom is 0.242 e. The molecule has 1 saturated carbocycles. The van der Waals surface area contributed by atoms with Crippen LogP contribution in [0.4, 0.5) is 0 Å². The highest BCUT2D eigenvalue weighted by Gasteiger charge is 2.30. The Kier molecular flexibility index (Phi) is 6.41. The van der Waals surface area contributed by atoms with Crippen molar-refractivity contribution >= 4 is 37.5 Å². The first-order chi connectivity index (χ1) is 14.8. The summed E-state index contributed by atoms with van der Waals surface area (Å²) in [6.45, 7) is 4.11. The van der Waals surface area contributed by atoms with Crippen LogP contribution in [0.5, 0.6) is 0 Å². The van der Waals surface area contributed by atoms with E-state index in [9.17, 15) is 13.2 Å². The number of rotatable bonds is 6. The smallest absolute Gasteiger partial charge is 0.242 e. The average molecular weight is 458 g/mol. The summed E-state index contributed by atoms with van der Waals surface area (Å²) in [4.78, 5) is 17.7. The largest absolute Gasteiger partial charge is 0.352 e. The third-order valence-corrected chi connectivity index (χ3v) is 8.16. The molecule has 1 amide bonds. The quantitative estimate of drug-likeness (QED) is 0.577. The van der Waals surface area contributed by atoms with Crippen molar-refractivity contribution in [3.05, 3.63) is 59.1 Å². The van der Waals surface area contributed by atoms with E-state index in [2.05, 4.69) is 21.9 Å². The number of nitrogens with zero attached hydrogens (tertiary/aromatic N) is 1. The molecule has 0 aliphatic heterocycles. The van der Waals surface area contributed by atoms with Crippen LogP contribution >= 0.6 is 11.3 Å². The molecule has 4 rings (SSSR count). The average Bonchev–Trinajstić information content (AvgIpc) is 3.13. The van der Waals surface area contributed by atoms with E-state index >= 15 is 0 Å². The highest BCUT2D eigenvalue weighted by atomic mass is 32.2. The normalized spacial score (nSPS) is 20.5. The SMILES string of the molecule is Cc1nc2ccc(S(=O)(=O)N[C@H](C(=O)NC3CCC(C)CC3)c3ccccc3)cc2s1. The highest BCUT2D eigenvalue weighted by Crippen LogP contribution is 2.27. The van der Waals surface area contributed by atoms with Gasteiger partial charge in [-0.15, -0.1) is 11.3 Å². The molecule has 8 heteroatoms. The maximum absolute atomic E-state index is 13.2. The predicted octanol–water partition coefficient (Wildman–Crippen LogP) is 4.32. The molecule has 2 N–H and O–H groups in total. The van der Waals surface area contributed by atoms with Gasteiger partial charge in [-0.05, 0) is 62.3 Å². The Labute approximate surface area is 187 Å². The van der Waals surface area contributed by atoms with Crippen LogP contribution < -0.4 is 10.0 Å². The van der Waals surface area contributed by atoms with Crippen LogP contribution in [0.25, 0.3) is 10.2 Å². The molecule has 0 saturated heterocycles. The van der Waals surface area contributed by atoms with Crippen molar-refractivity contribution in [1.82, 2.24) is 15.0 Å². The van der Waals surface area contributed by atoms with Gasteiger partial charge in [0.2, 0.25) is 15.9 Å². The van der Waals surface area contributed by atoms with Gasteiger partial charge < -0.3 is 5.32 Å². The Morgan fingerprint density at radius 2 is 1.81 bits per heavy atom. The van der Waals surface area contributed by atoms with Crippen molar-refractivity contribution in [2.24, 2.45) is 5.92 Å². The summed E-state index contributed by atoms with van der Waals surface area (Å²) in [6.07, 6.45) is 3.98. The zero-order chi connectivity index (χ0) is 22.0. The number of hydrogen-bond acceptors (Lipinski definition) is 5. The lowest BCUT2D eigenvalue weighted by Gasteiger charge is -2.29. The van der Waals surface area contributed by atoms with Gasteiger partial charge in [-0.3, -0.25) is 4.79 Å². The number of carbonyl (C=O) groups excluding carboxylic acids is 1. The van der Waals surface area contributed by atoms with Gasteiger partial charge in [0.05, 0.1) is 20.1 Å². The topological polar surface area (TPSA) is 88.2 Å². The van der Waals surface area contributed by atoms with Gasteiger partial charge in [0.25, 0.3) is 0 Å². The third-order valence-electron chi connectivity index (χ3n) is 5.81. The van der Waals surface area contributed by atoms with Gasteiger partial charge in [-0.25, -0.2) is 13.4 Å². The number of thiazole rings is 1. The summed E-state index contributed by atoms with van der Waals surface area (Å²) in [7, 11) is -3.92. The van der Waals surface area contributed by atoms with Gasteiger partial charge in [0.15, 0.2) is 0 Å². The first-order valence-corrected chi connectivity index (χ1v) is 12.9. The fourth-order valence-electron chi connectivity index (χ4n) is 4.02. The molecule has 2 aromatic carbocycles. The first-order valence-electron chi connectivity index (χ1n) is 10.6. The van der Waals surface area contributed by atoms with Gasteiger partial charge in [0.1, 0.15) is 6.04 Å². The Hall–Kier alpha value is -2.29. The van der Waals surface area contributed by atoms with Crippen molar-refractivity contribution < 1.29 is 13.2 Å². The number of aromatic nitrogens is 1. The fourth-order valence-corrected chi connectivity index (χ4v) is 6.17. The van der Waals surface area contributed by atoms with Crippen LogP contribution in [0.15, 0.2) is 53.4 Å². The number of nitrogens with one attached hydrogen (secondary N) is 2. The molecule has 0 radical (unpaired) electrons. The number of hydrogen-bond donors (Lipinski definition) is 2. The van der Waals surface area contributed by atoms with Gasteiger partial charge in [-0.1, -0.05) is 37.3 Å². The first kappa shape index (κ1) is 21.9.